The van der Waals surface area contributed by atoms with Gasteiger partial charge in [0.1, 0.15) is 0 Å². The Kier molecular flexibility index (Phi) is 5.52. The minimum absolute atomic E-state index is 0.0647. The van der Waals surface area contributed by atoms with Crippen LogP contribution in [0.15, 0.2) is 28.9 Å². The van der Waals surface area contributed by atoms with Crippen LogP contribution < -0.4 is 5.73 Å². The minimum Gasteiger partial charge on any atom is -0.338 e. The third kappa shape index (κ3) is 3.98. The van der Waals surface area contributed by atoms with Crippen LogP contribution in [0.5, 0.6) is 0 Å². The Morgan fingerprint density at radius 3 is 2.67 bits per heavy atom. The first-order valence-electron chi connectivity index (χ1n) is 9.68. The van der Waals surface area contributed by atoms with E-state index in [0.29, 0.717) is 31.6 Å². The lowest BCUT2D eigenvalue weighted by atomic mass is 9.74. The fraction of sp³-hybridized carbons (Fsp3) is 0.700. The summed E-state index contributed by atoms with van der Waals surface area (Å²) in [5.74, 6) is -1.13. The molecule has 2 heterocycles. The number of nitrogens with two attached hydrogens (primary N) is 1. The van der Waals surface area contributed by atoms with Crippen molar-refractivity contribution in [3.05, 3.63) is 23.9 Å². The predicted octanol–water partition coefficient (Wildman–Crippen LogP) is 3.84. The molecule has 1 saturated carbocycles. The third-order valence-corrected chi connectivity index (χ3v) is 6.37. The Hall–Kier alpha value is -1.63. The highest BCUT2D eigenvalue weighted by Gasteiger charge is 2.48. The molecule has 2 N–H and O–H groups in total. The molecule has 3 aliphatic rings. The summed E-state index contributed by atoms with van der Waals surface area (Å²) in [6, 6.07) is 0.0647. The van der Waals surface area contributed by atoms with Crippen molar-refractivity contribution in [2.24, 2.45) is 28.0 Å². The number of alkyl halides is 3. The number of allylic oxidation sites excluding steroid dienone is 1. The Labute approximate surface area is 158 Å². The molecule has 27 heavy (non-hydrogen) atoms. The number of carbonyl (C=O) groups excluding carboxylic acids is 1. The lowest BCUT2D eigenvalue weighted by molar-refractivity contribution is -0.159. The van der Waals surface area contributed by atoms with E-state index >= 15 is 0 Å². The molecule has 0 bridgehead atoms. The Balaban J connectivity index is 1.69. The summed E-state index contributed by atoms with van der Waals surface area (Å²) in [6.45, 7) is 5.09. The van der Waals surface area contributed by atoms with Crippen LogP contribution in [-0.4, -0.2) is 41.8 Å². The van der Waals surface area contributed by atoms with E-state index in [2.05, 4.69) is 18.8 Å². The van der Waals surface area contributed by atoms with E-state index in [0.717, 1.165) is 24.5 Å². The van der Waals surface area contributed by atoms with Gasteiger partial charge in [0.25, 0.3) is 0 Å². The quantitative estimate of drug-likeness (QED) is 0.805. The maximum absolute atomic E-state index is 13.2. The molecule has 3 rings (SSSR count). The van der Waals surface area contributed by atoms with Gasteiger partial charge in [-0.3, -0.25) is 9.79 Å². The van der Waals surface area contributed by atoms with Gasteiger partial charge in [0.2, 0.25) is 5.91 Å². The van der Waals surface area contributed by atoms with Crippen LogP contribution in [0.25, 0.3) is 0 Å². The van der Waals surface area contributed by atoms with Gasteiger partial charge in [0.05, 0.1) is 11.3 Å². The first-order valence-corrected chi connectivity index (χ1v) is 9.68. The highest BCUT2D eigenvalue weighted by atomic mass is 19.4. The number of aliphatic imine (C=N–C) groups is 1. The molecule has 0 aromatic rings. The average Bonchev–Trinajstić information content (AvgIpc) is 3.04. The van der Waals surface area contributed by atoms with E-state index in [1.807, 2.05) is 11.0 Å². The fourth-order valence-corrected chi connectivity index (χ4v) is 4.52. The van der Waals surface area contributed by atoms with Crippen molar-refractivity contribution in [2.45, 2.75) is 58.2 Å². The molecule has 0 saturated heterocycles. The van der Waals surface area contributed by atoms with Gasteiger partial charge in [-0.25, -0.2) is 0 Å². The van der Waals surface area contributed by atoms with Crippen molar-refractivity contribution in [3.63, 3.8) is 0 Å². The summed E-state index contributed by atoms with van der Waals surface area (Å²) in [4.78, 5) is 19.2. The van der Waals surface area contributed by atoms with Crippen LogP contribution in [0.4, 0.5) is 13.2 Å². The summed E-state index contributed by atoms with van der Waals surface area (Å²) in [7, 11) is 0. The molecule has 3 atom stereocenters. The topological polar surface area (TPSA) is 58.7 Å². The maximum Gasteiger partial charge on any atom is 0.395 e. The van der Waals surface area contributed by atoms with Crippen molar-refractivity contribution >= 4 is 11.6 Å². The van der Waals surface area contributed by atoms with Gasteiger partial charge < -0.3 is 10.6 Å². The molecule has 1 unspecified atom stereocenters. The minimum atomic E-state index is -4.25. The van der Waals surface area contributed by atoms with E-state index in [-0.39, 0.29) is 24.3 Å². The normalized spacial score (nSPS) is 31.9. The Morgan fingerprint density at radius 2 is 2.15 bits per heavy atom. The standard InChI is InChI=1S/C20H28F3N3O/c1-13(2)19(7-3-16(24)12-19)18(27)26-9-5-14(6-10-26)17-11-15(4-8-25-17)20(21,22)23/h4-5,8,13,15-16H,3,6-7,9-12,24H2,1-2H3/t15?,16-,19+/m1/s1. The second-order valence-electron chi connectivity index (χ2n) is 8.31. The van der Waals surface area contributed by atoms with E-state index in [9.17, 15) is 18.0 Å². The van der Waals surface area contributed by atoms with Gasteiger partial charge in [-0.1, -0.05) is 26.0 Å². The Morgan fingerprint density at radius 1 is 1.41 bits per heavy atom. The smallest absolute Gasteiger partial charge is 0.338 e. The molecule has 1 aliphatic carbocycles. The number of halogens is 3. The van der Waals surface area contributed by atoms with Crippen molar-refractivity contribution in [2.75, 3.05) is 13.1 Å². The summed E-state index contributed by atoms with van der Waals surface area (Å²) in [5, 5.41) is 0. The molecule has 0 spiro atoms. The second-order valence-corrected chi connectivity index (χ2v) is 8.31. The van der Waals surface area contributed by atoms with Gasteiger partial charge in [0, 0.05) is 37.5 Å². The summed E-state index contributed by atoms with van der Waals surface area (Å²) >= 11 is 0. The predicted molar refractivity (Wildman–Crippen MR) is 99.1 cm³/mol. The van der Waals surface area contributed by atoms with Crippen LogP contribution in [0.3, 0.4) is 0 Å². The molecule has 1 amide bonds. The SMILES string of the molecule is CC(C)[C@]1(C(=O)N2CC=C(C3=NC=CC(C(F)(F)F)C3)CC2)CC[C@@H](N)C1. The monoisotopic (exact) mass is 383 g/mol. The molecule has 0 aromatic heterocycles. The van der Waals surface area contributed by atoms with Crippen LogP contribution in [-0.2, 0) is 4.79 Å². The number of rotatable bonds is 3. The van der Waals surface area contributed by atoms with Gasteiger partial charge in [-0.05, 0) is 37.2 Å². The van der Waals surface area contributed by atoms with Crippen LogP contribution >= 0.6 is 0 Å². The highest BCUT2D eigenvalue weighted by molar-refractivity contribution is 6.01. The molecule has 0 aromatic carbocycles. The van der Waals surface area contributed by atoms with Gasteiger partial charge in [-0.2, -0.15) is 13.2 Å². The zero-order valence-electron chi connectivity index (χ0n) is 15.9. The second kappa shape index (κ2) is 7.41. The van der Waals surface area contributed by atoms with E-state index in [4.69, 9.17) is 5.73 Å². The fourth-order valence-electron chi connectivity index (χ4n) is 4.52. The van der Waals surface area contributed by atoms with Gasteiger partial charge >= 0.3 is 6.18 Å². The molecule has 0 radical (unpaired) electrons. The maximum atomic E-state index is 13.2. The van der Waals surface area contributed by atoms with Crippen molar-refractivity contribution in [1.29, 1.82) is 0 Å². The summed E-state index contributed by atoms with van der Waals surface area (Å²) in [6.07, 6.45) is 2.79. The number of amides is 1. The van der Waals surface area contributed by atoms with Crippen molar-refractivity contribution in [1.82, 2.24) is 4.90 Å². The van der Waals surface area contributed by atoms with Crippen molar-refractivity contribution in [3.8, 4) is 0 Å². The van der Waals surface area contributed by atoms with E-state index < -0.39 is 17.5 Å². The largest absolute Gasteiger partial charge is 0.395 e. The zero-order valence-corrected chi connectivity index (χ0v) is 15.9. The number of hydrogen-bond acceptors (Lipinski definition) is 3. The van der Waals surface area contributed by atoms with Crippen molar-refractivity contribution < 1.29 is 18.0 Å². The molecule has 4 nitrogen and oxygen atoms in total. The molecule has 7 heteroatoms. The van der Waals surface area contributed by atoms with Gasteiger partial charge in [0.15, 0.2) is 0 Å². The van der Waals surface area contributed by atoms with Gasteiger partial charge in [-0.15, -0.1) is 0 Å². The van der Waals surface area contributed by atoms with Crippen LogP contribution in [0.2, 0.25) is 0 Å². The highest BCUT2D eigenvalue weighted by Crippen LogP contribution is 2.45. The van der Waals surface area contributed by atoms with Crippen LogP contribution in [0.1, 0.15) is 46.0 Å². The summed E-state index contributed by atoms with van der Waals surface area (Å²) < 4.78 is 38.9. The average molecular weight is 383 g/mol. The number of carbonyl (C=O) groups is 1. The lowest BCUT2D eigenvalue weighted by Crippen LogP contribution is -2.48. The van der Waals surface area contributed by atoms with E-state index in [1.165, 1.54) is 6.20 Å². The lowest BCUT2D eigenvalue weighted by Gasteiger charge is -2.39. The molecule has 150 valence electrons. The first kappa shape index (κ1) is 20.1. The third-order valence-electron chi connectivity index (χ3n) is 6.37. The number of nitrogens with zero attached hydrogens (tertiary/aromatic N) is 2. The molecule has 1 fully saturated rings. The summed E-state index contributed by atoms with van der Waals surface area (Å²) in [5.41, 5.74) is 7.01. The van der Waals surface area contributed by atoms with E-state index in [1.54, 1.807) is 0 Å². The zero-order chi connectivity index (χ0) is 19.8. The first-order chi connectivity index (χ1) is 12.6. The molecular formula is C20H28F3N3O. The molecule has 2 aliphatic heterocycles. The number of hydrogen-bond donors (Lipinski definition) is 1. The molecular weight excluding hydrogens is 355 g/mol. The van der Waals surface area contributed by atoms with Crippen LogP contribution in [0, 0.1) is 17.3 Å². The Bertz CT molecular complexity index is 680.